The van der Waals surface area contributed by atoms with Gasteiger partial charge >= 0.3 is 6.09 Å². The van der Waals surface area contributed by atoms with E-state index in [1.807, 2.05) is 41.8 Å². The zero-order valence-corrected chi connectivity index (χ0v) is 19.5. The largest absolute Gasteiger partial charge is 0.456 e. The van der Waals surface area contributed by atoms with Gasteiger partial charge in [-0.15, -0.1) is 22.7 Å². The number of benzene rings is 1. The highest BCUT2D eigenvalue weighted by Crippen LogP contribution is 2.37. The van der Waals surface area contributed by atoms with Gasteiger partial charge in [-0.3, -0.25) is 4.79 Å². The fraction of sp³-hybridized carbons (Fsp3) is 0.208. The highest BCUT2D eigenvalue weighted by atomic mass is 32.1. The number of hydrogen-bond acceptors (Lipinski definition) is 7. The molecule has 0 fully saturated rings. The molecule has 9 heteroatoms. The summed E-state index contributed by atoms with van der Waals surface area (Å²) in [7, 11) is 0. The normalized spacial score (nSPS) is 12.8. The first-order chi connectivity index (χ1) is 16.1. The predicted octanol–water partition coefficient (Wildman–Crippen LogP) is 5.64. The minimum Gasteiger partial charge on any atom is -0.456 e. The lowest BCUT2D eigenvalue weighted by Gasteiger charge is -2.25. The van der Waals surface area contributed by atoms with Crippen molar-refractivity contribution in [1.82, 2.24) is 4.90 Å². The molecular formula is C24H21N3O4S2. The molecule has 0 aliphatic carbocycles. The van der Waals surface area contributed by atoms with Crippen molar-refractivity contribution >= 4 is 45.8 Å². The molecule has 0 saturated heterocycles. The molecule has 4 rings (SSSR count). The Labute approximate surface area is 199 Å². The Balaban J connectivity index is 1.45. The molecule has 0 saturated carbocycles. The number of carbonyl (C=O) groups excluding carboxylic acids is 2. The van der Waals surface area contributed by atoms with Crippen LogP contribution in [0.5, 0.6) is 11.5 Å². The molecule has 3 aromatic rings. The molecule has 2 amide bonds. The second kappa shape index (κ2) is 10.3. The topological polar surface area (TPSA) is 91.7 Å². The highest BCUT2D eigenvalue weighted by Gasteiger charge is 2.28. The number of fused-ring (bicyclic) bond motifs is 1. The van der Waals surface area contributed by atoms with E-state index in [-0.39, 0.29) is 12.0 Å². The molecule has 7 nitrogen and oxygen atoms in total. The van der Waals surface area contributed by atoms with Crippen LogP contribution in [0.3, 0.4) is 0 Å². The molecule has 1 N–H and O–H groups in total. The second-order valence-corrected chi connectivity index (χ2v) is 9.13. The monoisotopic (exact) mass is 479 g/mol. The maximum absolute atomic E-state index is 12.6. The van der Waals surface area contributed by atoms with Gasteiger partial charge in [0.2, 0.25) is 5.91 Å². The number of hydrogen-bond donors (Lipinski definition) is 1. The minimum absolute atomic E-state index is 0.312. The molecule has 168 valence electrons. The van der Waals surface area contributed by atoms with Crippen LogP contribution >= 0.6 is 22.7 Å². The van der Waals surface area contributed by atoms with Crippen molar-refractivity contribution in [3.63, 3.8) is 0 Å². The van der Waals surface area contributed by atoms with Crippen LogP contribution in [-0.4, -0.2) is 30.1 Å². The van der Waals surface area contributed by atoms with Crippen molar-refractivity contribution in [2.75, 3.05) is 18.5 Å². The van der Waals surface area contributed by atoms with Gasteiger partial charge in [0.25, 0.3) is 0 Å². The van der Waals surface area contributed by atoms with E-state index < -0.39 is 0 Å². The highest BCUT2D eigenvalue weighted by molar-refractivity contribution is 7.16. The van der Waals surface area contributed by atoms with E-state index in [1.165, 1.54) is 28.7 Å². The molecule has 0 radical (unpaired) electrons. The van der Waals surface area contributed by atoms with Gasteiger partial charge in [-0.05, 0) is 48.6 Å². The Morgan fingerprint density at radius 1 is 1.27 bits per heavy atom. The third-order valence-electron chi connectivity index (χ3n) is 4.95. The molecule has 0 atom stereocenters. The van der Waals surface area contributed by atoms with Gasteiger partial charge in [-0.1, -0.05) is 18.2 Å². The smallest absolute Gasteiger partial charge is 0.410 e. The Kier molecular flexibility index (Phi) is 7.07. The van der Waals surface area contributed by atoms with Gasteiger partial charge < -0.3 is 19.7 Å². The van der Waals surface area contributed by atoms with E-state index in [1.54, 1.807) is 17.9 Å². The molecule has 2 aromatic heterocycles. The Hall–Kier alpha value is -3.61. The third-order valence-corrected chi connectivity index (χ3v) is 6.94. The first-order valence-corrected chi connectivity index (χ1v) is 12.0. The van der Waals surface area contributed by atoms with Gasteiger partial charge in [0, 0.05) is 17.5 Å². The summed E-state index contributed by atoms with van der Waals surface area (Å²) in [4.78, 5) is 27.9. The lowest BCUT2D eigenvalue weighted by Crippen LogP contribution is -2.35. The fourth-order valence-corrected chi connectivity index (χ4v) is 5.34. The number of anilines is 1. The number of amides is 2. The molecule has 0 bridgehead atoms. The molecule has 1 aromatic carbocycles. The van der Waals surface area contributed by atoms with E-state index in [2.05, 4.69) is 11.4 Å². The Morgan fingerprint density at radius 2 is 2.09 bits per heavy atom. The van der Waals surface area contributed by atoms with Crippen LogP contribution in [0.15, 0.2) is 47.9 Å². The molecule has 0 spiro atoms. The summed E-state index contributed by atoms with van der Waals surface area (Å²) in [6, 6.07) is 13.5. The summed E-state index contributed by atoms with van der Waals surface area (Å²) in [5.74, 6) is 1.04. The Bertz CT molecular complexity index is 1220. The lowest BCUT2D eigenvalue weighted by molar-refractivity contribution is -0.111. The molecule has 33 heavy (non-hydrogen) atoms. The quantitative estimate of drug-likeness (QED) is 0.462. The first-order valence-electron chi connectivity index (χ1n) is 10.3. The summed E-state index contributed by atoms with van der Waals surface area (Å²) in [6.07, 6.45) is 3.30. The first kappa shape index (κ1) is 22.6. The van der Waals surface area contributed by atoms with Crippen molar-refractivity contribution in [2.45, 2.75) is 19.9 Å². The van der Waals surface area contributed by atoms with E-state index in [0.717, 1.165) is 21.1 Å². The van der Waals surface area contributed by atoms with Gasteiger partial charge in [-0.2, -0.15) is 5.26 Å². The summed E-state index contributed by atoms with van der Waals surface area (Å²) in [5, 5.41) is 14.9. The van der Waals surface area contributed by atoms with E-state index in [9.17, 15) is 14.9 Å². The summed E-state index contributed by atoms with van der Waals surface area (Å²) in [5.41, 5.74) is 1.35. The summed E-state index contributed by atoms with van der Waals surface area (Å²) in [6.45, 7) is 2.92. The van der Waals surface area contributed by atoms with Crippen molar-refractivity contribution in [2.24, 2.45) is 0 Å². The average molecular weight is 480 g/mol. The van der Waals surface area contributed by atoms with Crippen molar-refractivity contribution in [3.8, 4) is 17.6 Å². The third kappa shape index (κ3) is 5.25. The number of nitrogens with zero attached hydrogens (tertiary/aromatic N) is 2. The number of ether oxygens (including phenoxy) is 2. The van der Waals surface area contributed by atoms with E-state index in [0.29, 0.717) is 42.4 Å². The summed E-state index contributed by atoms with van der Waals surface area (Å²) < 4.78 is 11.0. The molecule has 3 heterocycles. The molecule has 1 aliphatic heterocycles. The maximum Gasteiger partial charge on any atom is 0.410 e. The maximum atomic E-state index is 12.6. The van der Waals surface area contributed by atoms with E-state index in [4.69, 9.17) is 9.47 Å². The lowest BCUT2D eigenvalue weighted by atomic mass is 10.0. The number of carbonyl (C=O) groups is 2. The van der Waals surface area contributed by atoms with Crippen molar-refractivity contribution in [3.05, 3.63) is 68.7 Å². The second-order valence-electron chi connectivity index (χ2n) is 7.08. The number of para-hydroxylation sites is 1. The van der Waals surface area contributed by atoms with Crippen LogP contribution in [0.4, 0.5) is 9.80 Å². The van der Waals surface area contributed by atoms with Crippen LogP contribution in [0.1, 0.15) is 27.8 Å². The number of rotatable bonds is 6. The zero-order valence-electron chi connectivity index (χ0n) is 17.9. The molecular weight excluding hydrogens is 458 g/mol. The molecule has 1 aliphatic rings. The number of thiophene rings is 2. The zero-order chi connectivity index (χ0) is 23.2. The van der Waals surface area contributed by atoms with Gasteiger partial charge in [-0.25, -0.2) is 4.79 Å². The van der Waals surface area contributed by atoms with Gasteiger partial charge in [0.1, 0.15) is 22.6 Å². The van der Waals surface area contributed by atoms with Crippen LogP contribution in [0.2, 0.25) is 0 Å². The average Bonchev–Trinajstić information content (AvgIpc) is 3.41. The van der Waals surface area contributed by atoms with Crippen LogP contribution in [0.25, 0.3) is 6.08 Å². The van der Waals surface area contributed by atoms with E-state index >= 15 is 0 Å². The SMILES string of the molecule is CCOC(=O)N1CCc2c(sc(NC(=O)C=Cc3sccc3Oc3ccccc3)c2C#N)C1. The Morgan fingerprint density at radius 3 is 2.85 bits per heavy atom. The molecule has 0 unspecified atom stereocenters. The van der Waals surface area contributed by atoms with Crippen molar-refractivity contribution < 1.29 is 19.1 Å². The minimum atomic E-state index is -0.368. The standard InChI is InChI=1S/C24H21N3O4S2/c1-2-30-24(29)27-12-10-17-18(14-25)23(33-21(17)15-27)26-22(28)9-8-20-19(11-13-32-20)31-16-6-4-3-5-7-16/h3-9,11,13H,2,10,12,15H2,1H3,(H,26,28). The van der Waals surface area contributed by atoms with Crippen LogP contribution < -0.4 is 10.1 Å². The fourth-order valence-electron chi connectivity index (χ4n) is 3.42. The van der Waals surface area contributed by atoms with Gasteiger partial charge in [0.05, 0.1) is 23.6 Å². The number of nitriles is 1. The summed E-state index contributed by atoms with van der Waals surface area (Å²) >= 11 is 2.79. The van der Waals surface area contributed by atoms with Crippen molar-refractivity contribution in [1.29, 1.82) is 5.26 Å². The number of nitrogens with one attached hydrogen (secondary N) is 1. The van der Waals surface area contributed by atoms with Crippen LogP contribution in [0, 0.1) is 11.3 Å². The predicted molar refractivity (Wildman–Crippen MR) is 129 cm³/mol. The van der Waals surface area contributed by atoms with Crippen LogP contribution in [-0.2, 0) is 22.5 Å². The van der Waals surface area contributed by atoms with Gasteiger partial charge in [0.15, 0.2) is 0 Å².